The summed E-state index contributed by atoms with van der Waals surface area (Å²) in [6, 6.07) is 7.40. The number of halogens is 4. The fraction of sp³-hybridized carbons (Fsp3) is 0.292. The van der Waals surface area contributed by atoms with E-state index in [-0.39, 0.29) is 34.1 Å². The Morgan fingerprint density at radius 1 is 1.20 bits per heavy atom. The number of nitrogens with zero attached hydrogens (tertiary/aromatic N) is 2. The first kappa shape index (κ1) is 27.0. The van der Waals surface area contributed by atoms with Gasteiger partial charge in [0.15, 0.2) is 5.76 Å². The third kappa shape index (κ3) is 6.15. The average Bonchev–Trinajstić information content (AvgIpc) is 3.41. The van der Waals surface area contributed by atoms with Crippen LogP contribution in [0, 0.1) is 17.1 Å². The third-order valence-corrected chi connectivity index (χ3v) is 6.71. The number of carbonyl (C=O) groups is 2. The molecular formula is C24H20Br2ClFN2O5. The van der Waals surface area contributed by atoms with Crippen LogP contribution < -0.4 is 9.64 Å². The summed E-state index contributed by atoms with van der Waals surface area (Å²) in [4.78, 5) is 25.0. The lowest BCUT2D eigenvalue weighted by Crippen LogP contribution is -2.29. The molecule has 0 radical (unpaired) electrons. The molecule has 4 rings (SSSR count). The van der Waals surface area contributed by atoms with Crippen molar-refractivity contribution < 1.29 is 28.6 Å². The number of nitriles is 1. The van der Waals surface area contributed by atoms with Gasteiger partial charge in [-0.2, -0.15) is 5.26 Å². The zero-order chi connectivity index (χ0) is 25.9. The van der Waals surface area contributed by atoms with Crippen molar-refractivity contribution in [2.45, 2.75) is 45.6 Å². The fourth-order valence-corrected chi connectivity index (χ4v) is 4.86. The van der Waals surface area contributed by atoms with E-state index in [2.05, 4.69) is 31.9 Å². The molecule has 1 aliphatic heterocycles. The number of phenolic OH excluding ortho intramolecular Hbond substituents is 1. The third-order valence-electron chi connectivity index (χ3n) is 5.21. The molecule has 2 fully saturated rings. The van der Waals surface area contributed by atoms with E-state index in [0.717, 1.165) is 31.7 Å². The lowest BCUT2D eigenvalue weighted by Gasteiger charge is -2.18. The number of hydrogen-bond donors (Lipinski definition) is 1. The number of cyclic esters (lactones) is 1. The summed E-state index contributed by atoms with van der Waals surface area (Å²) in [6.45, 7) is 3.27. The van der Waals surface area contributed by atoms with Crippen LogP contribution in [0.2, 0.25) is 5.02 Å². The molecular weight excluding hydrogens is 611 g/mol. The Labute approximate surface area is 223 Å². The Bertz CT molecular complexity index is 1230. The van der Waals surface area contributed by atoms with Crippen LogP contribution in [0.3, 0.4) is 0 Å². The summed E-state index contributed by atoms with van der Waals surface area (Å²) < 4.78 is 26.1. The number of phenols is 1. The summed E-state index contributed by atoms with van der Waals surface area (Å²) in [5.41, 5.74) is 0.813. The van der Waals surface area contributed by atoms with Crippen molar-refractivity contribution in [3.05, 3.63) is 60.9 Å². The quantitative estimate of drug-likeness (QED) is 0.356. The highest BCUT2D eigenvalue weighted by molar-refractivity contribution is 9.11. The second-order valence-corrected chi connectivity index (χ2v) is 10.1. The number of anilines is 1. The van der Waals surface area contributed by atoms with Gasteiger partial charge < -0.3 is 14.6 Å². The van der Waals surface area contributed by atoms with Crippen molar-refractivity contribution in [1.29, 1.82) is 5.26 Å². The second-order valence-electron chi connectivity index (χ2n) is 8.00. The topological polar surface area (TPSA) is 99.9 Å². The molecule has 1 aliphatic carbocycles. The number of aromatic hydroxyl groups is 1. The molecule has 2 amide bonds. The Kier molecular flexibility index (Phi) is 8.80. The van der Waals surface area contributed by atoms with Gasteiger partial charge in [0, 0.05) is 6.07 Å². The minimum atomic E-state index is -0.941. The maximum Gasteiger partial charge on any atom is 0.427 e. The van der Waals surface area contributed by atoms with Crippen molar-refractivity contribution in [1.82, 2.24) is 0 Å². The Morgan fingerprint density at radius 3 is 2.31 bits per heavy atom. The van der Waals surface area contributed by atoms with Gasteiger partial charge in [0.1, 0.15) is 17.3 Å². The number of hydrogen-bond acceptors (Lipinski definition) is 6. The molecule has 0 atom stereocenters. The fourth-order valence-electron chi connectivity index (χ4n) is 3.48. The zero-order valence-electron chi connectivity index (χ0n) is 18.7. The van der Waals surface area contributed by atoms with Gasteiger partial charge in [0.2, 0.25) is 0 Å². The van der Waals surface area contributed by atoms with Crippen LogP contribution in [-0.4, -0.2) is 23.2 Å². The average molecular weight is 631 g/mol. The molecule has 184 valence electrons. The molecule has 2 aromatic rings. The summed E-state index contributed by atoms with van der Waals surface area (Å²) >= 11 is 12.3. The van der Waals surface area contributed by atoms with Gasteiger partial charge >= 0.3 is 12.0 Å². The maximum absolute atomic E-state index is 14.3. The van der Waals surface area contributed by atoms with Crippen LogP contribution in [-0.2, 0) is 9.53 Å². The van der Waals surface area contributed by atoms with Crippen molar-refractivity contribution in [3.8, 4) is 17.6 Å². The Morgan fingerprint density at radius 2 is 1.80 bits per heavy atom. The van der Waals surface area contributed by atoms with Gasteiger partial charge in [-0.1, -0.05) is 11.6 Å². The van der Waals surface area contributed by atoms with E-state index in [1.807, 2.05) is 6.07 Å². The molecule has 7 nitrogen and oxygen atoms in total. The van der Waals surface area contributed by atoms with Gasteiger partial charge in [-0.05, 0) is 95.2 Å². The van der Waals surface area contributed by atoms with Crippen LogP contribution in [0.4, 0.5) is 14.9 Å². The molecule has 1 heterocycles. The molecule has 0 aromatic heterocycles. The van der Waals surface area contributed by atoms with Crippen molar-refractivity contribution in [2.24, 2.45) is 0 Å². The molecule has 0 spiro atoms. The van der Waals surface area contributed by atoms with E-state index in [4.69, 9.17) is 26.3 Å². The minimum Gasteiger partial charge on any atom is -0.506 e. The van der Waals surface area contributed by atoms with Gasteiger partial charge in [0.05, 0.1) is 37.4 Å². The summed E-state index contributed by atoms with van der Waals surface area (Å²) in [7, 11) is 0. The number of allylic oxidation sites excluding steroid dienone is 1. The lowest BCUT2D eigenvalue weighted by atomic mass is 10.2. The highest BCUT2D eigenvalue weighted by atomic mass is 79.9. The van der Waals surface area contributed by atoms with Crippen molar-refractivity contribution in [2.75, 3.05) is 4.90 Å². The summed E-state index contributed by atoms with van der Waals surface area (Å²) in [6.07, 6.45) is 3.00. The smallest absolute Gasteiger partial charge is 0.427 e. The van der Waals surface area contributed by atoms with Gasteiger partial charge in [0.25, 0.3) is 0 Å². The monoisotopic (exact) mass is 628 g/mol. The molecule has 1 saturated heterocycles. The van der Waals surface area contributed by atoms with Crippen LogP contribution >= 0.6 is 43.5 Å². The first-order valence-corrected chi connectivity index (χ1v) is 12.5. The van der Waals surface area contributed by atoms with Crippen LogP contribution in [0.5, 0.6) is 11.5 Å². The molecule has 0 unspecified atom stereocenters. The molecule has 2 aliphatic rings. The highest BCUT2D eigenvalue weighted by Crippen LogP contribution is 2.37. The first-order chi connectivity index (χ1) is 16.5. The van der Waals surface area contributed by atoms with E-state index >= 15 is 0 Å². The highest BCUT2D eigenvalue weighted by Gasteiger charge is 2.40. The van der Waals surface area contributed by atoms with Crippen molar-refractivity contribution in [3.63, 3.8) is 0 Å². The second kappa shape index (κ2) is 11.4. The molecule has 1 N–H and O–H groups in total. The van der Waals surface area contributed by atoms with Gasteiger partial charge in [-0.25, -0.2) is 14.1 Å². The number of ether oxygens (including phenoxy) is 2. The standard InChI is InChI=1S/C17H17ClFNO4.C7H3Br2NO/c1-9(2)15-16(21)20(17(22)24-15)13-8-14(11(18)7-12(13)19)23-10-5-3-4-6-10;8-5-1-4(3-10)2-6(9)7(5)11/h7-8,10H,3-6H2,1-2H3;1-2,11H. The molecule has 0 bridgehead atoms. The number of benzene rings is 2. The molecule has 1 saturated carbocycles. The molecule has 35 heavy (non-hydrogen) atoms. The number of imide groups is 1. The number of rotatable bonds is 3. The van der Waals surface area contributed by atoms with Crippen LogP contribution in [0.25, 0.3) is 0 Å². The first-order valence-electron chi connectivity index (χ1n) is 10.5. The zero-order valence-corrected chi connectivity index (χ0v) is 22.6. The molecule has 11 heteroatoms. The van der Waals surface area contributed by atoms with E-state index in [1.165, 1.54) is 6.07 Å². The minimum absolute atomic E-state index is 0.00962. The summed E-state index contributed by atoms with van der Waals surface area (Å²) in [5.74, 6) is -1.21. The molecule has 2 aromatic carbocycles. The SMILES string of the molecule is CC(C)=C1OC(=O)N(c2cc(OC3CCCC3)c(Cl)cc2F)C1=O.N#Cc1cc(Br)c(O)c(Br)c1. The Balaban J connectivity index is 0.000000261. The largest absolute Gasteiger partial charge is 0.506 e. The maximum atomic E-state index is 14.3. The van der Waals surface area contributed by atoms with Gasteiger partial charge in [-0.3, -0.25) is 4.79 Å². The van der Waals surface area contributed by atoms with Crippen molar-refractivity contribution >= 4 is 61.1 Å². The van der Waals surface area contributed by atoms with Crippen LogP contribution in [0.1, 0.15) is 45.1 Å². The van der Waals surface area contributed by atoms with Gasteiger partial charge in [-0.15, -0.1) is 0 Å². The van der Waals surface area contributed by atoms with E-state index in [1.54, 1.807) is 26.0 Å². The van der Waals surface area contributed by atoms with E-state index in [9.17, 15) is 19.1 Å². The number of amides is 2. The predicted molar refractivity (Wildman–Crippen MR) is 135 cm³/mol. The normalized spacial score (nSPS) is 15.5. The van der Waals surface area contributed by atoms with E-state index < -0.39 is 17.8 Å². The summed E-state index contributed by atoms with van der Waals surface area (Å²) in [5, 5.41) is 17.8. The lowest BCUT2D eigenvalue weighted by molar-refractivity contribution is -0.114. The number of carbonyl (C=O) groups excluding carboxylic acids is 2. The Hall–Kier alpha value is -2.61. The predicted octanol–water partition coefficient (Wildman–Crippen LogP) is 7.37. The van der Waals surface area contributed by atoms with Crippen LogP contribution in [0.15, 0.2) is 44.5 Å². The van der Waals surface area contributed by atoms with E-state index in [0.29, 0.717) is 25.0 Å².